The van der Waals surface area contributed by atoms with Gasteiger partial charge >= 0.3 is 6.18 Å². The number of hydrogen-bond donors (Lipinski definition) is 3. The molecule has 0 radical (unpaired) electrons. The van der Waals surface area contributed by atoms with Crippen molar-refractivity contribution in [1.82, 2.24) is 0 Å². The molecule has 32 heavy (non-hydrogen) atoms. The van der Waals surface area contributed by atoms with E-state index >= 15 is 0 Å². The number of alkyl halides is 3. The van der Waals surface area contributed by atoms with Crippen LogP contribution >= 0.6 is 11.6 Å². The summed E-state index contributed by atoms with van der Waals surface area (Å²) in [5, 5.41) is 24.8. The van der Waals surface area contributed by atoms with Crippen LogP contribution in [0, 0.1) is 11.8 Å². The molecule has 9 heteroatoms. The molecule has 0 amide bonds. The van der Waals surface area contributed by atoms with Crippen LogP contribution in [0.3, 0.4) is 0 Å². The number of fused-ring (bicyclic) bond motifs is 2. The number of nitrogens with zero attached hydrogens (tertiary/aromatic N) is 1. The van der Waals surface area contributed by atoms with Gasteiger partial charge in [-0.3, -0.25) is 0 Å². The molecule has 0 saturated carbocycles. The molecular weight excluding hydrogens is 445 g/mol. The average Bonchev–Trinajstić information content (AvgIpc) is 2.73. The fourth-order valence-corrected chi connectivity index (χ4v) is 4.92. The Balaban J connectivity index is 1.94. The monoisotopic (exact) mass is 467 g/mol. The summed E-state index contributed by atoms with van der Waals surface area (Å²) in [6, 6.07) is 4.44. The van der Waals surface area contributed by atoms with Gasteiger partial charge < -0.3 is 15.5 Å². The van der Waals surface area contributed by atoms with Gasteiger partial charge in [-0.15, -0.1) is 0 Å². The first-order chi connectivity index (χ1) is 15.0. The number of aliphatic hydroxyl groups is 1. The molecule has 3 N–H and O–H groups in total. The third-order valence-electron chi connectivity index (χ3n) is 6.51. The fraction of sp³-hybridized carbons (Fsp3) is 0.391. The molecule has 2 aromatic carbocycles. The second-order valence-electron chi connectivity index (χ2n) is 8.35. The summed E-state index contributed by atoms with van der Waals surface area (Å²) in [6.07, 6.45) is -2.01. The lowest BCUT2D eigenvalue weighted by Crippen LogP contribution is -2.55. The minimum Gasteiger partial charge on any atom is -0.507 e. The van der Waals surface area contributed by atoms with Crippen molar-refractivity contribution in [3.63, 3.8) is 0 Å². The Morgan fingerprint density at radius 3 is 2.72 bits per heavy atom. The number of phenols is 1. The van der Waals surface area contributed by atoms with Gasteiger partial charge in [0.15, 0.2) is 5.60 Å². The zero-order chi connectivity index (χ0) is 23.4. The number of halogens is 4. The predicted octanol–water partition coefficient (Wildman–Crippen LogP) is 6.14. The SMILES string of the molecule is CC[C@@H]1C[C@@](O)(C(F)(F)F)[C@@H](Nc2cccc3c2C=CC[N+]3=O)c2cc(Cl)c(C)c(O)c21. The van der Waals surface area contributed by atoms with Gasteiger partial charge in [0.2, 0.25) is 6.54 Å². The van der Waals surface area contributed by atoms with Crippen molar-refractivity contribution < 1.29 is 28.1 Å². The molecule has 0 saturated heterocycles. The first-order valence-corrected chi connectivity index (χ1v) is 10.7. The Hall–Kier alpha value is -2.58. The molecule has 3 atom stereocenters. The van der Waals surface area contributed by atoms with E-state index in [0.717, 1.165) is 4.76 Å². The average molecular weight is 468 g/mol. The smallest absolute Gasteiger partial charge is 0.419 e. The summed E-state index contributed by atoms with van der Waals surface area (Å²) < 4.78 is 43.7. The van der Waals surface area contributed by atoms with Gasteiger partial charge in [-0.05, 0) is 55.5 Å². The first kappa shape index (κ1) is 22.6. The molecule has 0 unspecified atom stereocenters. The van der Waals surface area contributed by atoms with E-state index < -0.39 is 30.2 Å². The van der Waals surface area contributed by atoms with Crippen LogP contribution in [-0.4, -0.2) is 33.3 Å². The lowest BCUT2D eigenvalue weighted by atomic mass is 9.68. The second kappa shape index (κ2) is 7.78. The number of anilines is 1. The number of phenolic OH excluding ortho intramolecular Hbond substituents is 1. The van der Waals surface area contributed by atoms with Crippen molar-refractivity contribution in [3.05, 3.63) is 62.5 Å². The highest BCUT2D eigenvalue weighted by Gasteiger charge is 2.62. The number of aromatic hydroxyl groups is 1. The first-order valence-electron chi connectivity index (χ1n) is 10.3. The van der Waals surface area contributed by atoms with E-state index in [1.165, 1.54) is 6.07 Å². The fourth-order valence-electron chi connectivity index (χ4n) is 4.71. The van der Waals surface area contributed by atoms with Crippen molar-refractivity contribution in [3.8, 4) is 5.75 Å². The number of nitroso groups, excluding NO2 is 1. The molecule has 0 fully saturated rings. The lowest BCUT2D eigenvalue weighted by Gasteiger charge is -2.46. The zero-order valence-electron chi connectivity index (χ0n) is 17.5. The van der Waals surface area contributed by atoms with Crippen LogP contribution in [-0.2, 0) is 0 Å². The third-order valence-corrected chi connectivity index (χ3v) is 6.90. The highest BCUT2D eigenvalue weighted by Crippen LogP contribution is 2.56. The molecule has 5 nitrogen and oxygen atoms in total. The lowest BCUT2D eigenvalue weighted by molar-refractivity contribution is -0.452. The van der Waals surface area contributed by atoms with Gasteiger partial charge in [0.1, 0.15) is 5.75 Å². The third kappa shape index (κ3) is 3.36. The van der Waals surface area contributed by atoms with Crippen LogP contribution in [0.25, 0.3) is 6.08 Å². The largest absolute Gasteiger partial charge is 0.507 e. The normalized spacial score (nSPS) is 24.8. The summed E-state index contributed by atoms with van der Waals surface area (Å²) in [6.45, 7) is 3.44. The Kier molecular flexibility index (Phi) is 5.49. The Labute approximate surface area is 188 Å². The summed E-state index contributed by atoms with van der Waals surface area (Å²) >= 11 is 6.24. The Morgan fingerprint density at radius 1 is 1.34 bits per heavy atom. The van der Waals surface area contributed by atoms with E-state index in [9.17, 15) is 28.3 Å². The van der Waals surface area contributed by atoms with E-state index in [2.05, 4.69) is 5.32 Å². The Bertz CT molecular complexity index is 1130. The zero-order valence-corrected chi connectivity index (χ0v) is 18.3. The van der Waals surface area contributed by atoms with E-state index in [1.807, 2.05) is 0 Å². The van der Waals surface area contributed by atoms with Crippen LogP contribution in [0.1, 0.15) is 54.0 Å². The van der Waals surface area contributed by atoms with Gasteiger partial charge in [-0.1, -0.05) is 24.6 Å². The Morgan fingerprint density at radius 2 is 2.06 bits per heavy atom. The number of nitrogens with one attached hydrogen (secondary N) is 1. The maximum atomic E-state index is 14.3. The standard InChI is InChI=1S/C23H22ClF3N2O3/c1-3-13-11-22(31,23(25,26)27)21(15-10-16(24)12(2)20(30)19(13)15)28-17-7-4-8-18-14(17)6-5-9-29(18)32/h4-8,10,13,21,28,31H,3,9,11H2,1-2H3/p+1/t13-,21+,22+/m1/s1. The maximum absolute atomic E-state index is 14.3. The molecule has 1 aliphatic heterocycles. The van der Waals surface area contributed by atoms with E-state index in [-0.39, 0.29) is 28.6 Å². The minimum atomic E-state index is -4.96. The summed E-state index contributed by atoms with van der Waals surface area (Å²) in [5.41, 5.74) is -1.28. The quantitative estimate of drug-likeness (QED) is 0.474. The number of rotatable bonds is 3. The number of hydrogen-bond acceptors (Lipinski definition) is 4. The summed E-state index contributed by atoms with van der Waals surface area (Å²) in [4.78, 5) is 12.2. The maximum Gasteiger partial charge on any atom is 0.419 e. The highest BCUT2D eigenvalue weighted by atomic mass is 35.5. The van der Waals surface area contributed by atoms with Gasteiger partial charge in [0, 0.05) is 37.6 Å². The molecule has 0 bridgehead atoms. The van der Waals surface area contributed by atoms with E-state index in [0.29, 0.717) is 28.8 Å². The predicted molar refractivity (Wildman–Crippen MR) is 117 cm³/mol. The van der Waals surface area contributed by atoms with Crippen LogP contribution in [0.2, 0.25) is 5.02 Å². The van der Waals surface area contributed by atoms with Crippen LogP contribution < -0.4 is 5.32 Å². The molecule has 0 aromatic heterocycles. The van der Waals surface area contributed by atoms with Gasteiger partial charge in [0.05, 0.1) is 11.6 Å². The minimum absolute atomic E-state index is 0.0902. The topological polar surface area (TPSA) is 72.6 Å². The van der Waals surface area contributed by atoms with Crippen molar-refractivity contribution in [2.75, 3.05) is 11.9 Å². The van der Waals surface area contributed by atoms with Gasteiger partial charge in [0.25, 0.3) is 5.69 Å². The van der Waals surface area contributed by atoms with Crippen molar-refractivity contribution >= 4 is 29.1 Å². The molecular formula is C23H23ClF3N2O3+. The molecule has 1 aliphatic carbocycles. The van der Waals surface area contributed by atoms with Gasteiger partial charge in [-0.25, -0.2) is 0 Å². The molecule has 2 aromatic rings. The van der Waals surface area contributed by atoms with Crippen LogP contribution in [0.4, 0.5) is 24.5 Å². The molecule has 1 heterocycles. The number of benzene rings is 2. The molecule has 170 valence electrons. The molecule has 2 aliphatic rings. The van der Waals surface area contributed by atoms with Gasteiger partial charge in [-0.2, -0.15) is 13.2 Å². The van der Waals surface area contributed by atoms with E-state index in [4.69, 9.17) is 11.6 Å². The molecule has 4 rings (SSSR count). The van der Waals surface area contributed by atoms with Crippen molar-refractivity contribution in [1.29, 1.82) is 0 Å². The summed E-state index contributed by atoms with van der Waals surface area (Å²) in [7, 11) is 0. The highest BCUT2D eigenvalue weighted by molar-refractivity contribution is 6.31. The second-order valence-corrected chi connectivity index (χ2v) is 8.75. The van der Waals surface area contributed by atoms with Crippen molar-refractivity contribution in [2.45, 2.75) is 50.4 Å². The van der Waals surface area contributed by atoms with Crippen molar-refractivity contribution in [2.24, 2.45) is 0 Å². The van der Waals surface area contributed by atoms with Crippen LogP contribution in [0.5, 0.6) is 5.75 Å². The molecule has 0 spiro atoms. The van der Waals surface area contributed by atoms with Crippen LogP contribution in [0.15, 0.2) is 30.3 Å². The van der Waals surface area contributed by atoms with E-state index in [1.54, 1.807) is 44.2 Å². The summed E-state index contributed by atoms with van der Waals surface area (Å²) in [5.74, 6) is -0.872.